The van der Waals surface area contributed by atoms with E-state index in [9.17, 15) is 10.2 Å². The molecule has 30 heavy (non-hydrogen) atoms. The fourth-order valence-electron chi connectivity index (χ4n) is 6.65. The molecule has 1 aromatic rings. The lowest BCUT2D eigenvalue weighted by Crippen LogP contribution is -2.46. The Morgan fingerprint density at radius 1 is 1.10 bits per heavy atom. The molecule has 2 saturated carbocycles. The summed E-state index contributed by atoms with van der Waals surface area (Å²) in [5.41, 5.74) is 1.88. The second-order valence-corrected chi connectivity index (χ2v) is 11.4. The van der Waals surface area contributed by atoms with Gasteiger partial charge in [0.05, 0.1) is 18.9 Å². The second-order valence-electron chi connectivity index (χ2n) is 10.5. The minimum absolute atomic E-state index is 0.163. The maximum atomic E-state index is 9.31. The molecule has 6 heteroatoms. The van der Waals surface area contributed by atoms with Gasteiger partial charge < -0.3 is 15.1 Å². The Bertz CT molecular complexity index is 665. The van der Waals surface area contributed by atoms with Gasteiger partial charge in [-0.2, -0.15) is 0 Å². The van der Waals surface area contributed by atoms with E-state index in [0.29, 0.717) is 30.5 Å². The lowest BCUT2D eigenvalue weighted by atomic mass is 9.57. The number of nitrogens with zero attached hydrogens (tertiary/aromatic N) is 3. The lowest BCUT2D eigenvalue weighted by molar-refractivity contribution is 0.0327. The summed E-state index contributed by atoms with van der Waals surface area (Å²) < 4.78 is 0. The smallest absolute Gasteiger partial charge is 0.185 e. The van der Waals surface area contributed by atoms with Gasteiger partial charge in [0, 0.05) is 43.5 Å². The summed E-state index contributed by atoms with van der Waals surface area (Å²) in [4.78, 5) is 9.82. The van der Waals surface area contributed by atoms with E-state index < -0.39 is 0 Å². The number of aromatic nitrogens is 1. The fourth-order valence-corrected chi connectivity index (χ4v) is 7.61. The molecule has 0 aromatic carbocycles. The third-order valence-electron chi connectivity index (χ3n) is 8.34. The molecule has 5 nitrogen and oxygen atoms in total. The molecule has 0 bridgehead atoms. The van der Waals surface area contributed by atoms with Gasteiger partial charge in [0.2, 0.25) is 0 Å². The fraction of sp³-hybridized carbons (Fsp3) is 0.875. The van der Waals surface area contributed by atoms with Gasteiger partial charge in [0.15, 0.2) is 5.13 Å². The van der Waals surface area contributed by atoms with Gasteiger partial charge in [0.25, 0.3) is 0 Å². The molecule has 3 atom stereocenters. The van der Waals surface area contributed by atoms with E-state index in [1.807, 2.05) is 11.3 Å². The number of anilines is 1. The van der Waals surface area contributed by atoms with Crippen LogP contribution in [0.3, 0.4) is 0 Å². The molecule has 3 fully saturated rings. The molecule has 1 saturated heterocycles. The second kappa shape index (κ2) is 9.85. The zero-order valence-corrected chi connectivity index (χ0v) is 19.7. The number of piperidine rings is 1. The van der Waals surface area contributed by atoms with Crippen LogP contribution in [-0.4, -0.2) is 65.5 Å². The molecule has 3 unspecified atom stereocenters. The summed E-state index contributed by atoms with van der Waals surface area (Å²) in [5.74, 6) is 2.48. The minimum atomic E-state index is 0.163. The van der Waals surface area contributed by atoms with Crippen LogP contribution in [0.4, 0.5) is 5.13 Å². The SMILES string of the molecule is CC1(C)CCCC2CC(c3csc(N4CCC(N(CCO)CCO)CC4)n3)CCC21. The maximum Gasteiger partial charge on any atom is 0.185 e. The number of hydrogen-bond donors (Lipinski definition) is 2. The first-order chi connectivity index (χ1) is 14.5. The van der Waals surface area contributed by atoms with Crippen molar-refractivity contribution in [2.75, 3.05) is 44.3 Å². The Morgan fingerprint density at radius 3 is 2.53 bits per heavy atom. The molecular weight excluding hydrogens is 394 g/mol. The first-order valence-corrected chi connectivity index (χ1v) is 13.1. The van der Waals surface area contributed by atoms with Gasteiger partial charge in [0.1, 0.15) is 0 Å². The van der Waals surface area contributed by atoms with Crippen LogP contribution in [0.15, 0.2) is 5.38 Å². The molecule has 0 amide bonds. The summed E-state index contributed by atoms with van der Waals surface area (Å²) >= 11 is 1.83. The molecular formula is C24H41N3O2S. The molecule has 3 aliphatic rings. The summed E-state index contributed by atoms with van der Waals surface area (Å²) in [6.45, 7) is 8.69. The highest BCUT2D eigenvalue weighted by Crippen LogP contribution is 2.53. The van der Waals surface area contributed by atoms with Crippen molar-refractivity contribution in [3.63, 3.8) is 0 Å². The topological polar surface area (TPSA) is 59.8 Å². The van der Waals surface area contributed by atoms with Crippen LogP contribution in [0, 0.1) is 17.3 Å². The normalized spacial score (nSPS) is 29.9. The van der Waals surface area contributed by atoms with E-state index in [-0.39, 0.29) is 13.2 Å². The minimum Gasteiger partial charge on any atom is -0.395 e. The van der Waals surface area contributed by atoms with Crippen molar-refractivity contribution in [2.24, 2.45) is 17.3 Å². The Morgan fingerprint density at radius 2 is 1.83 bits per heavy atom. The predicted octanol–water partition coefficient (Wildman–Crippen LogP) is 4.11. The molecule has 4 rings (SSSR count). The largest absolute Gasteiger partial charge is 0.395 e. The van der Waals surface area contributed by atoms with Crippen molar-refractivity contribution in [2.45, 2.75) is 77.2 Å². The maximum absolute atomic E-state index is 9.31. The van der Waals surface area contributed by atoms with Crippen LogP contribution < -0.4 is 4.90 Å². The standard InChI is InChI=1S/C24H41N3O2S/c1-24(2)9-3-4-18-16-19(5-6-21(18)24)22-17-30-23(25-22)27-10-7-20(8-11-27)26(12-14-28)13-15-29/h17-21,28-29H,3-16H2,1-2H3. The highest BCUT2D eigenvalue weighted by atomic mass is 32.1. The van der Waals surface area contributed by atoms with E-state index >= 15 is 0 Å². The van der Waals surface area contributed by atoms with Crippen molar-refractivity contribution < 1.29 is 10.2 Å². The zero-order chi connectivity index (χ0) is 21.1. The van der Waals surface area contributed by atoms with Crippen molar-refractivity contribution in [3.05, 3.63) is 11.1 Å². The summed E-state index contributed by atoms with van der Waals surface area (Å²) in [6.07, 6.45) is 10.4. The first-order valence-electron chi connectivity index (χ1n) is 12.2. The van der Waals surface area contributed by atoms with Gasteiger partial charge in [-0.1, -0.05) is 26.7 Å². The van der Waals surface area contributed by atoms with Crippen LogP contribution in [0.1, 0.15) is 76.8 Å². The Balaban J connectivity index is 1.33. The summed E-state index contributed by atoms with van der Waals surface area (Å²) in [6, 6.07) is 0.463. The van der Waals surface area contributed by atoms with Crippen LogP contribution in [0.25, 0.3) is 0 Å². The molecule has 2 aliphatic carbocycles. The molecule has 0 spiro atoms. The number of hydrogen-bond acceptors (Lipinski definition) is 6. The number of rotatable bonds is 7. The highest BCUT2D eigenvalue weighted by molar-refractivity contribution is 7.13. The highest BCUT2D eigenvalue weighted by Gasteiger charge is 2.42. The average Bonchev–Trinajstić information content (AvgIpc) is 3.24. The predicted molar refractivity (Wildman–Crippen MR) is 124 cm³/mol. The monoisotopic (exact) mass is 435 g/mol. The number of thiazole rings is 1. The van der Waals surface area contributed by atoms with Gasteiger partial charge >= 0.3 is 0 Å². The van der Waals surface area contributed by atoms with E-state index in [4.69, 9.17) is 4.98 Å². The Kier molecular flexibility index (Phi) is 7.38. The number of aliphatic hydroxyl groups is 2. The number of aliphatic hydroxyl groups excluding tert-OH is 2. The third kappa shape index (κ3) is 4.87. The van der Waals surface area contributed by atoms with E-state index in [1.165, 1.54) is 49.4 Å². The van der Waals surface area contributed by atoms with Crippen LogP contribution in [0.2, 0.25) is 0 Å². The van der Waals surface area contributed by atoms with Crippen molar-refractivity contribution >= 4 is 16.5 Å². The van der Waals surface area contributed by atoms with Crippen molar-refractivity contribution in [3.8, 4) is 0 Å². The molecule has 0 radical (unpaired) electrons. The first kappa shape index (κ1) is 22.5. The molecule has 2 heterocycles. The summed E-state index contributed by atoms with van der Waals surface area (Å²) in [7, 11) is 0. The lowest BCUT2D eigenvalue weighted by Gasteiger charge is -2.48. The van der Waals surface area contributed by atoms with Gasteiger partial charge in [-0.15, -0.1) is 11.3 Å². The Hall–Kier alpha value is -0.690. The van der Waals surface area contributed by atoms with Crippen molar-refractivity contribution in [1.82, 2.24) is 9.88 Å². The third-order valence-corrected chi connectivity index (χ3v) is 9.26. The average molecular weight is 436 g/mol. The molecule has 1 aromatic heterocycles. The Labute approximate surface area is 186 Å². The van der Waals surface area contributed by atoms with E-state index in [0.717, 1.165) is 37.8 Å². The van der Waals surface area contributed by atoms with E-state index in [1.54, 1.807) is 0 Å². The van der Waals surface area contributed by atoms with Gasteiger partial charge in [-0.3, -0.25) is 4.90 Å². The zero-order valence-electron chi connectivity index (χ0n) is 18.9. The summed E-state index contributed by atoms with van der Waals surface area (Å²) in [5, 5.41) is 22.2. The number of fused-ring (bicyclic) bond motifs is 1. The van der Waals surface area contributed by atoms with Gasteiger partial charge in [-0.25, -0.2) is 4.98 Å². The van der Waals surface area contributed by atoms with Gasteiger partial charge in [-0.05, 0) is 55.8 Å². The van der Waals surface area contributed by atoms with Crippen LogP contribution in [-0.2, 0) is 0 Å². The van der Waals surface area contributed by atoms with Crippen LogP contribution >= 0.6 is 11.3 Å². The molecule has 1 aliphatic heterocycles. The molecule has 170 valence electrons. The van der Waals surface area contributed by atoms with E-state index in [2.05, 4.69) is 29.0 Å². The quantitative estimate of drug-likeness (QED) is 0.675. The van der Waals surface area contributed by atoms with Crippen molar-refractivity contribution in [1.29, 1.82) is 0 Å². The molecule has 2 N–H and O–H groups in total. The van der Waals surface area contributed by atoms with Crippen LogP contribution in [0.5, 0.6) is 0 Å².